The fourth-order valence-corrected chi connectivity index (χ4v) is 3.16. The van der Waals surface area contributed by atoms with E-state index in [9.17, 15) is 9.59 Å². The normalized spacial score (nSPS) is 12.6. The number of carbonyl (C=O) groups excluding carboxylic acids is 2. The standard InChI is InChI=1S/C18H34N2O2S.C2H6/c1-4-20-18(23-14-21)16(3)17(22)15(2)12-10-8-6-5-7-9-11-13-19;1-2/h14-15,20H,4-13,19H2,1-3H3;1-2H3/b18-16-;. The van der Waals surface area contributed by atoms with Gasteiger partial charge in [-0.2, -0.15) is 0 Å². The number of hydrogen-bond donors (Lipinski definition) is 2. The topological polar surface area (TPSA) is 72.2 Å². The monoisotopic (exact) mass is 372 g/mol. The maximum atomic E-state index is 12.4. The third-order valence-electron chi connectivity index (χ3n) is 4.00. The molecular weight excluding hydrogens is 332 g/mol. The molecule has 0 spiro atoms. The molecule has 0 aliphatic heterocycles. The Kier molecular flexibility index (Phi) is 20.6. The largest absolute Gasteiger partial charge is 0.379 e. The van der Waals surface area contributed by atoms with Gasteiger partial charge in [0.2, 0.25) is 0 Å². The number of thioether (sulfide) groups is 1. The Morgan fingerprint density at radius 1 is 1.08 bits per heavy atom. The molecule has 0 amide bonds. The van der Waals surface area contributed by atoms with Crippen molar-refractivity contribution in [2.75, 3.05) is 13.1 Å². The quantitative estimate of drug-likeness (QED) is 0.239. The molecule has 25 heavy (non-hydrogen) atoms. The van der Waals surface area contributed by atoms with Crippen LogP contribution in [0, 0.1) is 5.92 Å². The van der Waals surface area contributed by atoms with Crippen LogP contribution < -0.4 is 11.1 Å². The Labute approximate surface area is 159 Å². The van der Waals surface area contributed by atoms with Gasteiger partial charge in [0.05, 0.1) is 5.03 Å². The smallest absolute Gasteiger partial charge is 0.182 e. The van der Waals surface area contributed by atoms with Crippen LogP contribution in [0.2, 0.25) is 0 Å². The second-order valence-electron chi connectivity index (χ2n) is 6.02. The third-order valence-corrected chi connectivity index (χ3v) is 4.78. The average molecular weight is 373 g/mol. The van der Waals surface area contributed by atoms with Crippen LogP contribution in [0.3, 0.4) is 0 Å². The molecule has 3 N–H and O–H groups in total. The molecule has 0 aliphatic carbocycles. The van der Waals surface area contributed by atoms with E-state index in [1.807, 2.05) is 34.6 Å². The molecule has 1 unspecified atom stereocenters. The summed E-state index contributed by atoms with van der Waals surface area (Å²) in [5, 5.41) is 3.80. The second kappa shape index (κ2) is 19.5. The second-order valence-corrected chi connectivity index (χ2v) is 6.85. The van der Waals surface area contributed by atoms with Crippen LogP contribution in [-0.4, -0.2) is 24.5 Å². The number of ketones is 1. The van der Waals surface area contributed by atoms with Crippen LogP contribution in [-0.2, 0) is 9.59 Å². The molecule has 0 aromatic heterocycles. The predicted molar refractivity (Wildman–Crippen MR) is 112 cm³/mol. The summed E-state index contributed by atoms with van der Waals surface area (Å²) in [4.78, 5) is 23.1. The fraction of sp³-hybridized carbons (Fsp3) is 0.800. The zero-order valence-electron chi connectivity index (χ0n) is 17.0. The molecule has 148 valence electrons. The molecule has 1 atom stereocenters. The molecule has 0 saturated heterocycles. The number of carbonyl (C=O) groups is 2. The molecule has 0 radical (unpaired) electrons. The SMILES string of the molecule is CC.CCN/C(SC=O)=C(\C)C(=O)C(C)CCCCCCCCCN. The van der Waals surface area contributed by atoms with Crippen molar-refractivity contribution in [3.8, 4) is 0 Å². The van der Waals surface area contributed by atoms with E-state index in [4.69, 9.17) is 5.73 Å². The number of Topliss-reactive ketones (excluding diaryl/α,β-unsaturated/α-hetero) is 1. The van der Waals surface area contributed by atoms with Gasteiger partial charge in [-0.3, -0.25) is 9.59 Å². The highest BCUT2D eigenvalue weighted by Gasteiger charge is 2.17. The van der Waals surface area contributed by atoms with E-state index in [0.29, 0.717) is 17.1 Å². The molecule has 0 heterocycles. The minimum Gasteiger partial charge on any atom is -0.379 e. The van der Waals surface area contributed by atoms with Gasteiger partial charge in [0.25, 0.3) is 0 Å². The first-order valence-corrected chi connectivity index (χ1v) is 10.8. The first-order valence-electron chi connectivity index (χ1n) is 9.87. The lowest BCUT2D eigenvalue weighted by Gasteiger charge is -2.14. The van der Waals surface area contributed by atoms with Gasteiger partial charge < -0.3 is 11.1 Å². The summed E-state index contributed by atoms with van der Waals surface area (Å²) in [6, 6.07) is 0. The maximum Gasteiger partial charge on any atom is 0.182 e. The Bertz CT molecular complexity index is 371. The summed E-state index contributed by atoms with van der Waals surface area (Å²) in [5.41, 5.74) is 6.92. The summed E-state index contributed by atoms with van der Waals surface area (Å²) in [5.74, 6) is 0.173. The summed E-state index contributed by atoms with van der Waals surface area (Å²) in [7, 11) is 0. The van der Waals surface area contributed by atoms with Gasteiger partial charge in [-0.1, -0.05) is 59.3 Å². The highest BCUT2D eigenvalue weighted by Crippen LogP contribution is 2.21. The zero-order chi connectivity index (χ0) is 19.5. The lowest BCUT2D eigenvalue weighted by molar-refractivity contribution is -0.118. The summed E-state index contributed by atoms with van der Waals surface area (Å²) in [6.07, 6.45) is 9.33. The minimum absolute atomic E-state index is 0.0214. The van der Waals surface area contributed by atoms with E-state index < -0.39 is 0 Å². The Morgan fingerprint density at radius 2 is 1.60 bits per heavy atom. The molecule has 0 rings (SSSR count). The molecule has 5 heteroatoms. The first kappa shape index (κ1) is 26.4. The molecule has 0 aromatic carbocycles. The molecule has 0 bridgehead atoms. The zero-order valence-corrected chi connectivity index (χ0v) is 17.8. The van der Waals surface area contributed by atoms with E-state index in [1.165, 1.54) is 32.1 Å². The van der Waals surface area contributed by atoms with Crippen LogP contribution >= 0.6 is 11.8 Å². The van der Waals surface area contributed by atoms with Gasteiger partial charge in [-0.05, 0) is 45.0 Å². The van der Waals surface area contributed by atoms with Crippen LogP contribution in [0.4, 0.5) is 0 Å². The average Bonchev–Trinajstić information content (AvgIpc) is 2.64. The number of nitrogens with one attached hydrogen (secondary N) is 1. The molecule has 0 aliphatic rings. The van der Waals surface area contributed by atoms with Crippen molar-refractivity contribution in [2.45, 2.75) is 86.0 Å². The van der Waals surface area contributed by atoms with E-state index >= 15 is 0 Å². The van der Waals surface area contributed by atoms with Crippen molar-refractivity contribution < 1.29 is 9.59 Å². The number of unbranched alkanes of at least 4 members (excludes halogenated alkanes) is 6. The van der Waals surface area contributed by atoms with Crippen molar-refractivity contribution in [2.24, 2.45) is 11.7 Å². The number of hydrogen-bond acceptors (Lipinski definition) is 5. The highest BCUT2D eigenvalue weighted by molar-refractivity contribution is 8.15. The van der Waals surface area contributed by atoms with Gasteiger partial charge in [0.1, 0.15) is 0 Å². The molecule has 0 saturated carbocycles. The van der Waals surface area contributed by atoms with Crippen molar-refractivity contribution in [1.29, 1.82) is 0 Å². The van der Waals surface area contributed by atoms with Crippen molar-refractivity contribution in [1.82, 2.24) is 5.32 Å². The Morgan fingerprint density at radius 3 is 2.08 bits per heavy atom. The van der Waals surface area contributed by atoms with Gasteiger partial charge in [0, 0.05) is 18.0 Å². The number of allylic oxidation sites excluding steroid dienone is 1. The fourth-order valence-electron chi connectivity index (χ4n) is 2.56. The van der Waals surface area contributed by atoms with Crippen LogP contribution in [0.25, 0.3) is 0 Å². The maximum absolute atomic E-state index is 12.4. The highest BCUT2D eigenvalue weighted by atomic mass is 32.2. The number of nitrogens with two attached hydrogens (primary N) is 1. The lowest BCUT2D eigenvalue weighted by Crippen LogP contribution is -2.19. The van der Waals surface area contributed by atoms with Gasteiger partial charge >= 0.3 is 0 Å². The number of rotatable bonds is 15. The predicted octanol–water partition coefficient (Wildman–Crippen LogP) is 5.06. The first-order chi connectivity index (χ1) is 12.1. The minimum atomic E-state index is 0.0214. The molecule has 4 nitrogen and oxygen atoms in total. The summed E-state index contributed by atoms with van der Waals surface area (Å²) < 4.78 is 0. The summed E-state index contributed by atoms with van der Waals surface area (Å²) >= 11 is 1.05. The van der Waals surface area contributed by atoms with Crippen molar-refractivity contribution in [3.05, 3.63) is 10.6 Å². The third kappa shape index (κ3) is 14.1. The Balaban J connectivity index is 0. The van der Waals surface area contributed by atoms with E-state index in [2.05, 4.69) is 5.32 Å². The molecule has 0 aromatic rings. The molecule has 0 fully saturated rings. The lowest BCUT2D eigenvalue weighted by atomic mass is 9.94. The van der Waals surface area contributed by atoms with Crippen LogP contribution in [0.1, 0.15) is 86.0 Å². The van der Waals surface area contributed by atoms with E-state index in [1.54, 1.807) is 0 Å². The Hall–Kier alpha value is -0.810. The van der Waals surface area contributed by atoms with E-state index in [-0.39, 0.29) is 11.7 Å². The molecular formula is C20H40N2O2S. The van der Waals surface area contributed by atoms with Gasteiger partial charge in [-0.15, -0.1) is 0 Å². The van der Waals surface area contributed by atoms with Gasteiger partial charge in [0.15, 0.2) is 11.4 Å². The van der Waals surface area contributed by atoms with E-state index in [0.717, 1.165) is 43.2 Å². The van der Waals surface area contributed by atoms with Crippen molar-refractivity contribution in [3.63, 3.8) is 0 Å². The van der Waals surface area contributed by atoms with Gasteiger partial charge in [-0.25, -0.2) is 0 Å². The van der Waals surface area contributed by atoms with Crippen LogP contribution in [0.5, 0.6) is 0 Å². The van der Waals surface area contributed by atoms with Crippen LogP contribution in [0.15, 0.2) is 10.6 Å². The van der Waals surface area contributed by atoms with Crippen molar-refractivity contribution >= 4 is 23.2 Å². The summed E-state index contributed by atoms with van der Waals surface area (Å²) in [6.45, 7) is 11.3.